The Morgan fingerprint density at radius 1 is 1.38 bits per heavy atom. The molecule has 1 nitrogen and oxygen atoms in total. The molecule has 0 fully saturated rings. The summed E-state index contributed by atoms with van der Waals surface area (Å²) in [5.41, 5.74) is -1.61. The van der Waals surface area contributed by atoms with E-state index in [1.165, 1.54) is 6.07 Å². The van der Waals surface area contributed by atoms with E-state index in [1.54, 1.807) is 22.6 Å². The quantitative estimate of drug-likeness (QED) is 0.421. The Morgan fingerprint density at radius 3 is 2.38 bits per heavy atom. The minimum Gasteiger partial charge on any atom is -0.293 e. The molecule has 88 valence electrons. The molecule has 0 saturated carbocycles. The van der Waals surface area contributed by atoms with E-state index in [9.17, 15) is 18.0 Å². The van der Waals surface area contributed by atoms with Crippen LogP contribution in [0.5, 0.6) is 0 Å². The summed E-state index contributed by atoms with van der Waals surface area (Å²) >= 11 is 12.5. The molecule has 0 heterocycles. The number of Topliss-reactive ketones (excluding diaryl/α,β-unsaturated/α-hetero) is 1. The molecule has 0 unspecified atom stereocenters. The Bertz CT molecular complexity index is 431. The highest BCUT2D eigenvalue weighted by Gasteiger charge is 2.38. The maximum Gasteiger partial charge on any atom is 0.418 e. The lowest BCUT2D eigenvalue weighted by Crippen LogP contribution is -2.15. The van der Waals surface area contributed by atoms with Gasteiger partial charge in [0.2, 0.25) is 0 Å². The van der Waals surface area contributed by atoms with Crippen molar-refractivity contribution in [2.75, 3.05) is 5.88 Å². The molecule has 0 aromatic heterocycles. The van der Waals surface area contributed by atoms with Crippen LogP contribution in [0, 0.1) is 3.57 Å². The van der Waals surface area contributed by atoms with E-state index < -0.39 is 34.0 Å². The maximum absolute atomic E-state index is 12.7. The number of hydrogen-bond donors (Lipinski definition) is 0. The predicted octanol–water partition coefficient (Wildman–Crippen LogP) is 4.38. The van der Waals surface area contributed by atoms with Gasteiger partial charge in [0.1, 0.15) is 0 Å². The Labute approximate surface area is 113 Å². The zero-order chi connectivity index (χ0) is 12.5. The predicted molar refractivity (Wildman–Crippen MR) is 64.2 cm³/mol. The fourth-order valence-electron chi connectivity index (χ4n) is 1.13. The summed E-state index contributed by atoms with van der Waals surface area (Å²) in [6.45, 7) is 0. The number of hydrogen-bond acceptors (Lipinski definition) is 1. The molecule has 0 atom stereocenters. The van der Waals surface area contributed by atoms with Crippen LogP contribution in [-0.2, 0) is 6.18 Å². The lowest BCUT2D eigenvalue weighted by molar-refractivity contribution is -0.137. The van der Waals surface area contributed by atoms with Crippen LogP contribution in [0.25, 0.3) is 0 Å². The van der Waals surface area contributed by atoms with Gasteiger partial charge in [-0.3, -0.25) is 4.79 Å². The average molecular weight is 383 g/mol. The standard InChI is InChI=1S/C9H4Cl2F3IO/c10-3-6(16)4-1-2-5(15)8(11)7(4)9(12,13)14/h1-2H,3H2. The van der Waals surface area contributed by atoms with Crippen molar-refractivity contribution in [3.05, 3.63) is 31.9 Å². The van der Waals surface area contributed by atoms with E-state index in [1.807, 2.05) is 0 Å². The van der Waals surface area contributed by atoms with E-state index in [0.29, 0.717) is 0 Å². The summed E-state index contributed by atoms with van der Waals surface area (Å²) in [5.74, 6) is -1.31. The monoisotopic (exact) mass is 382 g/mol. The summed E-state index contributed by atoms with van der Waals surface area (Å²) < 4.78 is 38.3. The van der Waals surface area contributed by atoms with Crippen molar-refractivity contribution in [3.8, 4) is 0 Å². The first-order chi connectivity index (χ1) is 7.29. The van der Waals surface area contributed by atoms with Crippen molar-refractivity contribution in [1.82, 2.24) is 0 Å². The highest BCUT2D eigenvalue weighted by atomic mass is 127. The molecule has 16 heavy (non-hydrogen) atoms. The van der Waals surface area contributed by atoms with Gasteiger partial charge in [0.15, 0.2) is 5.78 Å². The minimum absolute atomic E-state index is 0.234. The second-order valence-corrected chi connectivity index (χ2v) is 4.65. The van der Waals surface area contributed by atoms with Crippen molar-refractivity contribution in [3.63, 3.8) is 0 Å². The van der Waals surface area contributed by atoms with Crippen LogP contribution < -0.4 is 0 Å². The van der Waals surface area contributed by atoms with E-state index in [-0.39, 0.29) is 3.57 Å². The van der Waals surface area contributed by atoms with Gasteiger partial charge in [-0.25, -0.2) is 0 Å². The van der Waals surface area contributed by atoms with Crippen LogP contribution in [-0.4, -0.2) is 11.7 Å². The Hall–Kier alpha value is -0.0100. The van der Waals surface area contributed by atoms with Crippen molar-refractivity contribution in [2.24, 2.45) is 0 Å². The first-order valence-electron chi connectivity index (χ1n) is 3.93. The van der Waals surface area contributed by atoms with Crippen LogP contribution in [0.1, 0.15) is 15.9 Å². The summed E-state index contributed by atoms with van der Waals surface area (Å²) in [7, 11) is 0. The van der Waals surface area contributed by atoms with Gasteiger partial charge in [-0.2, -0.15) is 13.2 Å². The van der Waals surface area contributed by atoms with Crippen LogP contribution in [0.4, 0.5) is 13.2 Å². The zero-order valence-electron chi connectivity index (χ0n) is 7.54. The van der Waals surface area contributed by atoms with Gasteiger partial charge in [-0.1, -0.05) is 11.6 Å². The first kappa shape index (κ1) is 14.1. The molecule has 7 heteroatoms. The Morgan fingerprint density at radius 2 is 1.94 bits per heavy atom. The zero-order valence-corrected chi connectivity index (χ0v) is 11.2. The average Bonchev–Trinajstić information content (AvgIpc) is 2.18. The molecule has 0 radical (unpaired) electrons. The molecule has 0 saturated heterocycles. The molecule has 1 rings (SSSR count). The second-order valence-electron chi connectivity index (χ2n) is 2.84. The third kappa shape index (κ3) is 2.81. The molecular formula is C9H4Cl2F3IO. The number of benzene rings is 1. The lowest BCUT2D eigenvalue weighted by atomic mass is 10.0. The van der Waals surface area contributed by atoms with Crippen molar-refractivity contribution < 1.29 is 18.0 Å². The van der Waals surface area contributed by atoms with Crippen molar-refractivity contribution in [2.45, 2.75) is 6.18 Å². The number of carbonyl (C=O) groups is 1. The largest absolute Gasteiger partial charge is 0.418 e. The molecule has 0 aliphatic rings. The SMILES string of the molecule is O=C(CCl)c1ccc(I)c(Cl)c1C(F)(F)F. The summed E-state index contributed by atoms with van der Waals surface area (Å²) in [6.07, 6.45) is -4.67. The lowest BCUT2D eigenvalue weighted by Gasteiger charge is -2.14. The molecule has 0 amide bonds. The van der Waals surface area contributed by atoms with E-state index in [2.05, 4.69) is 0 Å². The fourth-order valence-corrected chi connectivity index (χ4v) is 2.00. The molecule has 0 bridgehead atoms. The normalized spacial score (nSPS) is 11.6. The molecule has 0 N–H and O–H groups in total. The highest BCUT2D eigenvalue weighted by molar-refractivity contribution is 14.1. The number of carbonyl (C=O) groups excluding carboxylic acids is 1. The Balaban J connectivity index is 3.52. The van der Waals surface area contributed by atoms with Crippen LogP contribution in [0.15, 0.2) is 12.1 Å². The molecule has 1 aromatic rings. The highest BCUT2D eigenvalue weighted by Crippen LogP contribution is 2.39. The van der Waals surface area contributed by atoms with Gasteiger partial charge in [0, 0.05) is 9.13 Å². The summed E-state index contributed by atoms with van der Waals surface area (Å²) in [5, 5.41) is -0.468. The van der Waals surface area contributed by atoms with Gasteiger partial charge < -0.3 is 0 Å². The summed E-state index contributed by atoms with van der Waals surface area (Å²) in [4.78, 5) is 11.3. The van der Waals surface area contributed by atoms with Gasteiger partial charge in [-0.15, -0.1) is 11.6 Å². The second kappa shape index (κ2) is 5.10. The number of halogens is 6. The number of ketones is 1. The van der Waals surface area contributed by atoms with Crippen molar-refractivity contribution in [1.29, 1.82) is 0 Å². The third-order valence-corrected chi connectivity index (χ3v) is 3.65. The molecule has 0 aliphatic heterocycles. The van der Waals surface area contributed by atoms with E-state index in [0.717, 1.165) is 6.07 Å². The van der Waals surface area contributed by atoms with Crippen molar-refractivity contribution >= 4 is 51.6 Å². The van der Waals surface area contributed by atoms with Crippen LogP contribution in [0.2, 0.25) is 5.02 Å². The molecule has 1 aromatic carbocycles. The molecular weight excluding hydrogens is 379 g/mol. The third-order valence-electron chi connectivity index (χ3n) is 1.80. The maximum atomic E-state index is 12.7. The number of alkyl halides is 4. The van der Waals surface area contributed by atoms with Crippen LogP contribution in [0.3, 0.4) is 0 Å². The van der Waals surface area contributed by atoms with Crippen LogP contribution >= 0.6 is 45.8 Å². The van der Waals surface area contributed by atoms with Gasteiger partial charge in [-0.05, 0) is 34.7 Å². The van der Waals surface area contributed by atoms with E-state index in [4.69, 9.17) is 23.2 Å². The van der Waals surface area contributed by atoms with E-state index >= 15 is 0 Å². The van der Waals surface area contributed by atoms with Gasteiger partial charge in [0.05, 0.1) is 16.5 Å². The molecule has 0 aliphatic carbocycles. The number of rotatable bonds is 2. The smallest absolute Gasteiger partial charge is 0.293 e. The minimum atomic E-state index is -4.67. The first-order valence-corrected chi connectivity index (χ1v) is 5.92. The fraction of sp³-hybridized carbons (Fsp3) is 0.222. The topological polar surface area (TPSA) is 17.1 Å². The van der Waals surface area contributed by atoms with Gasteiger partial charge in [0.25, 0.3) is 0 Å². The summed E-state index contributed by atoms with van der Waals surface area (Å²) in [6, 6.07) is 2.43. The Kier molecular flexibility index (Phi) is 4.48. The molecule has 0 spiro atoms. The van der Waals surface area contributed by atoms with Gasteiger partial charge >= 0.3 is 6.18 Å².